The van der Waals surface area contributed by atoms with Crippen LogP contribution in [0.25, 0.3) is 0 Å². The normalized spacial score (nSPS) is 38.1. The maximum absolute atomic E-state index is 5.39. The molecule has 5 atom stereocenters. The second kappa shape index (κ2) is 27.2. The third-order valence-corrected chi connectivity index (χ3v) is 10.1. The van der Waals surface area contributed by atoms with Crippen molar-refractivity contribution < 1.29 is 28.4 Å². The molecular weight excluding hydrogens is 600 g/mol. The van der Waals surface area contributed by atoms with E-state index in [2.05, 4.69) is 75.3 Å². The number of hydrogen-bond acceptors (Lipinski definition) is 6. The highest BCUT2D eigenvalue weighted by Crippen LogP contribution is 2.27. The molecule has 0 aromatic carbocycles. The molecule has 286 valence electrons. The fourth-order valence-corrected chi connectivity index (χ4v) is 5.94. The van der Waals surface area contributed by atoms with E-state index in [9.17, 15) is 0 Å². The van der Waals surface area contributed by atoms with Crippen molar-refractivity contribution in [2.45, 2.75) is 179 Å². The van der Waals surface area contributed by atoms with Crippen LogP contribution in [-0.4, -0.2) is 64.4 Å². The summed E-state index contributed by atoms with van der Waals surface area (Å²) in [6.45, 7) is 31.5. The lowest BCUT2D eigenvalue weighted by atomic mass is 9.84. The van der Waals surface area contributed by atoms with Gasteiger partial charge in [-0.1, -0.05) is 85.8 Å². The Morgan fingerprint density at radius 3 is 0.938 bits per heavy atom. The Morgan fingerprint density at radius 2 is 0.708 bits per heavy atom. The summed E-state index contributed by atoms with van der Waals surface area (Å²) in [4.78, 5) is 0. The van der Waals surface area contributed by atoms with Crippen LogP contribution < -0.4 is 0 Å². The van der Waals surface area contributed by atoms with Crippen LogP contribution in [-0.2, 0) is 28.4 Å². The molecule has 6 aliphatic rings. The van der Waals surface area contributed by atoms with Crippen LogP contribution in [0.15, 0.2) is 11.6 Å². The fraction of sp³-hybridized carbons (Fsp3) is 0.952. The van der Waals surface area contributed by atoms with Gasteiger partial charge in [0.1, 0.15) is 0 Å². The third kappa shape index (κ3) is 25.5. The zero-order chi connectivity index (χ0) is 35.9. The minimum Gasteiger partial charge on any atom is -0.378 e. The van der Waals surface area contributed by atoms with Crippen molar-refractivity contribution in [1.82, 2.24) is 0 Å². The summed E-state index contributed by atoms with van der Waals surface area (Å²) in [5.41, 5.74) is 1.59. The lowest BCUT2D eigenvalue weighted by molar-refractivity contribution is -0.187. The fourth-order valence-electron chi connectivity index (χ4n) is 5.94. The molecule has 6 nitrogen and oxygen atoms in total. The maximum Gasteiger partial charge on any atom is 0.154 e. The summed E-state index contributed by atoms with van der Waals surface area (Å²) in [5, 5.41) is 0. The van der Waals surface area contributed by atoms with E-state index < -0.39 is 0 Å². The predicted molar refractivity (Wildman–Crippen MR) is 202 cm³/mol. The van der Waals surface area contributed by atoms with Gasteiger partial charge in [0, 0.05) is 25.0 Å². The standard InChI is InChI=1S/C8H16.C8H14.2C7H14O.2C6H12O2/c2*1-7-3-5-8(2)6-4-7;2*1-6-3-4-7(2)8-5-6;2*1-5-3-7-6(2)8-4-5/h7-8H,3-6H2,1-2H3;3,8H,4-6H2,1-2H3;2*6-7H,3-5H2,1-2H3;2*5-6H,3-4H2,1-2H3. The van der Waals surface area contributed by atoms with Crippen molar-refractivity contribution in [3.8, 4) is 0 Å². The van der Waals surface area contributed by atoms with E-state index in [1.54, 1.807) is 5.57 Å². The van der Waals surface area contributed by atoms with E-state index in [-0.39, 0.29) is 12.6 Å². The van der Waals surface area contributed by atoms with Crippen LogP contribution in [0.5, 0.6) is 0 Å². The van der Waals surface area contributed by atoms with E-state index in [1.807, 2.05) is 13.8 Å². The molecule has 0 aromatic heterocycles. The molecule has 4 heterocycles. The Kier molecular flexibility index (Phi) is 25.8. The van der Waals surface area contributed by atoms with Gasteiger partial charge in [0.05, 0.1) is 38.6 Å². The van der Waals surface area contributed by atoms with Gasteiger partial charge >= 0.3 is 0 Å². The molecule has 4 saturated heterocycles. The van der Waals surface area contributed by atoms with Gasteiger partial charge in [-0.25, -0.2) is 0 Å². The zero-order valence-electron chi connectivity index (χ0n) is 33.9. The van der Waals surface area contributed by atoms with Crippen molar-refractivity contribution in [3.05, 3.63) is 11.6 Å². The first-order valence-electron chi connectivity index (χ1n) is 20.1. The summed E-state index contributed by atoms with van der Waals surface area (Å²) in [6, 6.07) is 0. The molecule has 0 radical (unpaired) electrons. The predicted octanol–water partition coefficient (Wildman–Crippen LogP) is 11.3. The van der Waals surface area contributed by atoms with Gasteiger partial charge in [-0.2, -0.15) is 0 Å². The first-order chi connectivity index (χ1) is 22.7. The molecule has 5 fully saturated rings. The molecule has 0 bridgehead atoms. The molecule has 5 unspecified atom stereocenters. The summed E-state index contributed by atoms with van der Waals surface area (Å²) in [5.74, 6) is 5.73. The van der Waals surface area contributed by atoms with E-state index in [1.165, 1.54) is 70.6 Å². The summed E-state index contributed by atoms with van der Waals surface area (Å²) in [7, 11) is 0. The van der Waals surface area contributed by atoms with Gasteiger partial charge in [0.25, 0.3) is 0 Å². The molecular formula is C42H82O6. The minimum absolute atomic E-state index is 0.0196. The van der Waals surface area contributed by atoms with Crippen molar-refractivity contribution in [3.63, 3.8) is 0 Å². The molecule has 0 aromatic rings. The number of allylic oxidation sites excluding steroid dienone is 2. The Bertz CT molecular complexity index is 582. The average molecular weight is 683 g/mol. The van der Waals surface area contributed by atoms with E-state index in [4.69, 9.17) is 28.4 Å². The van der Waals surface area contributed by atoms with Crippen LogP contribution in [0.2, 0.25) is 0 Å². The summed E-state index contributed by atoms with van der Waals surface area (Å²) >= 11 is 0. The zero-order valence-corrected chi connectivity index (χ0v) is 33.9. The smallest absolute Gasteiger partial charge is 0.154 e. The van der Waals surface area contributed by atoms with E-state index in [0.29, 0.717) is 24.0 Å². The van der Waals surface area contributed by atoms with Crippen molar-refractivity contribution >= 4 is 0 Å². The van der Waals surface area contributed by atoms with Crippen molar-refractivity contribution in [1.29, 1.82) is 0 Å². The van der Waals surface area contributed by atoms with Crippen LogP contribution >= 0.6 is 0 Å². The maximum atomic E-state index is 5.39. The van der Waals surface area contributed by atoms with Gasteiger partial charge in [-0.05, 0) is 109 Å². The average Bonchev–Trinajstić information content (AvgIpc) is 3.07. The summed E-state index contributed by atoms with van der Waals surface area (Å²) in [6.07, 6.45) is 18.6. The van der Waals surface area contributed by atoms with Gasteiger partial charge in [-0.3, -0.25) is 0 Å². The second-order valence-electron chi connectivity index (χ2n) is 16.6. The molecule has 6 heteroatoms. The number of hydrogen-bond donors (Lipinski definition) is 0. The van der Waals surface area contributed by atoms with Gasteiger partial charge in [0.15, 0.2) is 12.6 Å². The molecule has 0 N–H and O–H groups in total. The van der Waals surface area contributed by atoms with Crippen LogP contribution in [0.1, 0.15) is 154 Å². The highest BCUT2D eigenvalue weighted by Gasteiger charge is 2.16. The third-order valence-electron chi connectivity index (χ3n) is 10.1. The Labute approximate surface area is 299 Å². The first-order valence-corrected chi connectivity index (χ1v) is 20.1. The highest BCUT2D eigenvalue weighted by atomic mass is 16.7. The Balaban J connectivity index is 0.000000288. The largest absolute Gasteiger partial charge is 0.378 e. The molecule has 48 heavy (non-hydrogen) atoms. The van der Waals surface area contributed by atoms with Crippen LogP contribution in [0, 0.1) is 41.4 Å². The first kappa shape index (κ1) is 45.5. The lowest BCUT2D eigenvalue weighted by Crippen LogP contribution is -2.27. The second-order valence-corrected chi connectivity index (χ2v) is 16.6. The van der Waals surface area contributed by atoms with Crippen LogP contribution in [0.3, 0.4) is 0 Å². The van der Waals surface area contributed by atoms with Crippen LogP contribution in [0.4, 0.5) is 0 Å². The Morgan fingerprint density at radius 1 is 0.375 bits per heavy atom. The topological polar surface area (TPSA) is 55.4 Å². The van der Waals surface area contributed by atoms with Crippen molar-refractivity contribution in [2.24, 2.45) is 41.4 Å². The Hall–Kier alpha value is -0.500. The molecule has 0 spiro atoms. The molecule has 2 aliphatic carbocycles. The van der Waals surface area contributed by atoms with E-state index >= 15 is 0 Å². The molecule has 6 rings (SSSR count). The highest BCUT2D eigenvalue weighted by molar-refractivity contribution is 5.02. The van der Waals surface area contributed by atoms with Gasteiger partial charge in [0.2, 0.25) is 0 Å². The molecule has 0 amide bonds. The van der Waals surface area contributed by atoms with Crippen molar-refractivity contribution in [2.75, 3.05) is 39.6 Å². The number of rotatable bonds is 0. The SMILES string of the molecule is CC1=CCC(C)CC1.CC1CCC(C)CC1.CC1CCC(C)OC1.CC1CCC(C)OC1.CC1COC(C)OC1.CC1COC(C)OC1. The summed E-state index contributed by atoms with van der Waals surface area (Å²) < 4.78 is 31.5. The van der Waals surface area contributed by atoms with Gasteiger partial charge in [-0.15, -0.1) is 0 Å². The van der Waals surface area contributed by atoms with Gasteiger partial charge < -0.3 is 28.4 Å². The minimum atomic E-state index is 0.0196. The molecule has 1 saturated carbocycles. The quantitative estimate of drug-likeness (QED) is 0.237. The van der Waals surface area contributed by atoms with E-state index in [0.717, 1.165) is 69.2 Å². The lowest BCUT2D eigenvalue weighted by Gasteiger charge is -2.24. The number of ether oxygens (including phenoxy) is 6. The monoisotopic (exact) mass is 683 g/mol. The molecule has 4 aliphatic heterocycles.